The summed E-state index contributed by atoms with van der Waals surface area (Å²) in [6, 6.07) is 75.5. The van der Waals surface area contributed by atoms with Gasteiger partial charge in [0.2, 0.25) is 0 Å². The van der Waals surface area contributed by atoms with E-state index in [1.165, 1.54) is 120 Å². The average molecular weight is 1210 g/mol. The molecule has 1 fully saturated rings. The van der Waals surface area contributed by atoms with Gasteiger partial charge in [-0.05, 0) is 220 Å². The Bertz CT molecular complexity index is 4380. The molecule has 0 radical (unpaired) electrons. The SMILES string of the molecule is Brc1ccc(Br)cc1.CC1(C)c2cc(-c3ccc(Br)cc3)ccc2-c2cc3c4ccccc4c4ccccc4c3cc21.CC1(C)c2cc(B3OC(C)(C)C(C)(C)O3)ccc2-c2cc3c4ccccc4c4ccccc4c3cc21. The predicted octanol–water partition coefficient (Wildman–Crippen LogP) is 20.8. The summed E-state index contributed by atoms with van der Waals surface area (Å²) in [4.78, 5) is 0. The van der Waals surface area contributed by atoms with E-state index in [1.54, 1.807) is 0 Å². The van der Waals surface area contributed by atoms with E-state index < -0.39 is 0 Å². The Labute approximate surface area is 483 Å². The normalized spacial score (nSPS) is 15.9. The highest BCUT2D eigenvalue weighted by Gasteiger charge is 2.52. The van der Waals surface area contributed by atoms with Crippen LogP contribution in [0.4, 0.5) is 0 Å². The molecule has 0 amide bonds. The van der Waals surface area contributed by atoms with Crippen LogP contribution in [0.5, 0.6) is 0 Å². The summed E-state index contributed by atoms with van der Waals surface area (Å²) in [5.41, 5.74) is 13.7. The Morgan fingerprint density at radius 1 is 0.282 bits per heavy atom. The molecule has 0 spiro atoms. The first-order valence-corrected chi connectivity index (χ1v) is 29.4. The van der Waals surface area contributed by atoms with Crippen LogP contribution in [0.15, 0.2) is 220 Å². The van der Waals surface area contributed by atoms with E-state index in [2.05, 4.69) is 285 Å². The van der Waals surface area contributed by atoms with Gasteiger partial charge in [-0.2, -0.15) is 0 Å². The summed E-state index contributed by atoms with van der Waals surface area (Å²) in [6.07, 6.45) is 0. The Kier molecular flexibility index (Phi) is 12.4. The maximum Gasteiger partial charge on any atom is 0.494 e. The lowest BCUT2D eigenvalue weighted by Gasteiger charge is -2.32. The van der Waals surface area contributed by atoms with Gasteiger partial charge in [0.15, 0.2) is 0 Å². The third-order valence-electron chi connectivity index (χ3n) is 17.6. The molecule has 6 heteroatoms. The van der Waals surface area contributed by atoms with Gasteiger partial charge in [0, 0.05) is 24.2 Å². The van der Waals surface area contributed by atoms with E-state index in [9.17, 15) is 0 Å². The highest BCUT2D eigenvalue weighted by Crippen LogP contribution is 2.54. The van der Waals surface area contributed by atoms with E-state index in [4.69, 9.17) is 9.31 Å². The topological polar surface area (TPSA) is 18.5 Å². The number of hydrogen-bond acceptors (Lipinski definition) is 2. The second kappa shape index (κ2) is 18.9. The van der Waals surface area contributed by atoms with E-state index in [0.717, 1.165) is 18.9 Å². The molecule has 1 saturated heterocycles. The zero-order chi connectivity index (χ0) is 54.0. The van der Waals surface area contributed by atoms with Crippen molar-refractivity contribution in [3.63, 3.8) is 0 Å². The lowest BCUT2D eigenvalue weighted by Crippen LogP contribution is -2.41. The average Bonchev–Trinajstić information content (AvgIpc) is 4.14. The maximum absolute atomic E-state index is 6.39. The van der Waals surface area contributed by atoms with Crippen molar-refractivity contribution in [2.75, 3.05) is 0 Å². The van der Waals surface area contributed by atoms with E-state index in [0.29, 0.717) is 0 Å². The minimum Gasteiger partial charge on any atom is -0.399 e. The standard InChI is InChI=1S/C33H31BO2.C33H23Br.C6H4Br2/c1-31(2)29-17-20(34-35-32(3,4)33(5,6)36-34)15-16-25(29)28-18-26-23-13-9-7-11-21(23)22-12-8-10-14-24(22)27(26)19-30(28)31;1-33(2)31-17-21(20-11-14-22(34)15-12-20)13-16-27(31)30-18-28-25-9-5-3-7-23(25)24-8-4-6-10-26(24)29(28)19-32(30)33;7-5-1-2-6(8)4-3-5/h7-19H,1-6H3;3-19H,1-2H3;1-4H. The molecular formula is C72H58BBr3O2. The van der Waals surface area contributed by atoms with Crippen molar-refractivity contribution >= 4 is 125 Å². The van der Waals surface area contributed by atoms with Crippen molar-refractivity contribution in [3.05, 3.63) is 242 Å². The van der Waals surface area contributed by atoms with Crippen molar-refractivity contribution in [3.8, 4) is 33.4 Å². The first-order valence-electron chi connectivity index (χ1n) is 27.0. The van der Waals surface area contributed by atoms with Crippen molar-refractivity contribution in [1.29, 1.82) is 0 Å². The molecule has 382 valence electrons. The Morgan fingerprint density at radius 2 is 0.577 bits per heavy atom. The van der Waals surface area contributed by atoms with Gasteiger partial charge in [-0.1, -0.05) is 215 Å². The van der Waals surface area contributed by atoms with Crippen LogP contribution in [-0.2, 0) is 20.1 Å². The lowest BCUT2D eigenvalue weighted by molar-refractivity contribution is 0.00578. The highest BCUT2D eigenvalue weighted by molar-refractivity contribution is 9.11. The minimum absolute atomic E-state index is 0.0586. The van der Waals surface area contributed by atoms with E-state index in [1.807, 2.05) is 24.3 Å². The summed E-state index contributed by atoms with van der Waals surface area (Å²) in [5.74, 6) is 0. The molecule has 15 rings (SSSR count). The molecule has 2 aliphatic carbocycles. The second-order valence-electron chi connectivity index (χ2n) is 23.4. The third-order valence-corrected chi connectivity index (χ3v) is 19.2. The molecule has 0 atom stereocenters. The second-order valence-corrected chi connectivity index (χ2v) is 26.2. The van der Waals surface area contributed by atoms with E-state index in [-0.39, 0.29) is 29.2 Å². The van der Waals surface area contributed by atoms with Crippen molar-refractivity contribution in [2.24, 2.45) is 0 Å². The van der Waals surface area contributed by atoms with Crippen LogP contribution in [0.1, 0.15) is 77.6 Å². The van der Waals surface area contributed by atoms with Crippen LogP contribution in [0, 0.1) is 0 Å². The number of benzene rings is 12. The first kappa shape index (κ1) is 51.1. The summed E-state index contributed by atoms with van der Waals surface area (Å²) >= 11 is 10.2. The van der Waals surface area contributed by atoms with Crippen LogP contribution in [0.25, 0.3) is 98.0 Å². The van der Waals surface area contributed by atoms with Crippen LogP contribution in [-0.4, -0.2) is 18.3 Å². The monoisotopic (exact) mass is 1200 g/mol. The summed E-state index contributed by atoms with van der Waals surface area (Å²) in [5, 5.41) is 15.9. The van der Waals surface area contributed by atoms with E-state index >= 15 is 0 Å². The molecule has 2 nitrogen and oxygen atoms in total. The van der Waals surface area contributed by atoms with Crippen molar-refractivity contribution in [1.82, 2.24) is 0 Å². The minimum atomic E-state index is -0.355. The lowest BCUT2D eigenvalue weighted by atomic mass is 9.74. The Balaban J connectivity index is 0.000000130. The Hall–Kier alpha value is -6.38. The summed E-state index contributed by atoms with van der Waals surface area (Å²) in [6.45, 7) is 17.9. The molecule has 1 aliphatic heterocycles. The molecule has 0 saturated carbocycles. The molecular weight excluding hydrogens is 1150 g/mol. The van der Waals surface area contributed by atoms with Gasteiger partial charge in [0.1, 0.15) is 0 Å². The van der Waals surface area contributed by atoms with Gasteiger partial charge in [-0.3, -0.25) is 0 Å². The smallest absolute Gasteiger partial charge is 0.399 e. The number of hydrogen-bond donors (Lipinski definition) is 0. The fourth-order valence-corrected chi connectivity index (χ4v) is 13.5. The van der Waals surface area contributed by atoms with Crippen LogP contribution in [0.2, 0.25) is 0 Å². The molecule has 1 heterocycles. The first-order chi connectivity index (χ1) is 37.4. The van der Waals surface area contributed by atoms with Crippen molar-refractivity contribution < 1.29 is 9.31 Å². The van der Waals surface area contributed by atoms with Gasteiger partial charge >= 0.3 is 7.12 Å². The fraction of sp³-hybridized carbons (Fsp3) is 0.167. The highest BCUT2D eigenvalue weighted by atomic mass is 79.9. The zero-order valence-electron chi connectivity index (χ0n) is 45.2. The van der Waals surface area contributed by atoms with Gasteiger partial charge < -0.3 is 9.31 Å². The number of fused-ring (bicyclic) bond motifs is 18. The number of halogens is 3. The van der Waals surface area contributed by atoms with Crippen molar-refractivity contribution in [2.45, 2.75) is 77.4 Å². The molecule has 0 N–H and O–H groups in total. The third kappa shape index (κ3) is 8.31. The Morgan fingerprint density at radius 3 is 0.962 bits per heavy atom. The zero-order valence-corrected chi connectivity index (χ0v) is 49.9. The van der Waals surface area contributed by atoms with Gasteiger partial charge in [-0.25, -0.2) is 0 Å². The predicted molar refractivity (Wildman–Crippen MR) is 344 cm³/mol. The summed E-state index contributed by atoms with van der Waals surface area (Å²) in [7, 11) is -0.355. The molecule has 3 aliphatic rings. The molecule has 0 unspecified atom stereocenters. The van der Waals surface area contributed by atoms with Gasteiger partial charge in [0.25, 0.3) is 0 Å². The molecule has 0 bridgehead atoms. The molecule has 78 heavy (non-hydrogen) atoms. The van der Waals surface area contributed by atoms with Crippen LogP contribution < -0.4 is 5.46 Å². The molecule has 0 aromatic heterocycles. The largest absolute Gasteiger partial charge is 0.494 e. The van der Waals surface area contributed by atoms with Crippen LogP contribution >= 0.6 is 47.8 Å². The van der Waals surface area contributed by atoms with Crippen LogP contribution in [0.3, 0.4) is 0 Å². The molecule has 12 aromatic carbocycles. The quantitative estimate of drug-likeness (QED) is 0.127. The number of rotatable bonds is 2. The van der Waals surface area contributed by atoms with Gasteiger partial charge in [0.05, 0.1) is 11.2 Å². The summed E-state index contributed by atoms with van der Waals surface area (Å²) < 4.78 is 16.1. The maximum atomic E-state index is 6.39. The fourth-order valence-electron chi connectivity index (χ4n) is 12.7. The van der Waals surface area contributed by atoms with Gasteiger partial charge in [-0.15, -0.1) is 0 Å². The molecule has 12 aromatic rings.